The fourth-order valence-electron chi connectivity index (χ4n) is 3.61. The van der Waals surface area contributed by atoms with Crippen molar-refractivity contribution >= 4 is 27.4 Å². The van der Waals surface area contributed by atoms with Gasteiger partial charge >= 0.3 is 6.61 Å². The number of thiophene rings is 1. The summed E-state index contributed by atoms with van der Waals surface area (Å²) in [5, 5.41) is 4.44. The van der Waals surface area contributed by atoms with Crippen LogP contribution in [0, 0.1) is 0 Å². The Bertz CT molecular complexity index is 1180. The minimum absolute atomic E-state index is 0.0349. The number of halogens is 2. The van der Waals surface area contributed by atoms with Crippen LogP contribution in [-0.4, -0.2) is 26.5 Å². The van der Waals surface area contributed by atoms with Gasteiger partial charge in [0.1, 0.15) is 16.4 Å². The summed E-state index contributed by atoms with van der Waals surface area (Å²) in [6.07, 6.45) is 8.00. The van der Waals surface area contributed by atoms with Crippen molar-refractivity contribution in [1.82, 2.24) is 19.9 Å². The number of aromatic nitrogens is 4. The first-order valence-electron chi connectivity index (χ1n) is 9.53. The summed E-state index contributed by atoms with van der Waals surface area (Å²) < 4.78 is 29.0. The van der Waals surface area contributed by atoms with Gasteiger partial charge < -0.3 is 10.1 Å². The summed E-state index contributed by atoms with van der Waals surface area (Å²) in [4.78, 5) is 20.3. The largest absolute Gasteiger partial charge is 0.433 e. The first kappa shape index (κ1) is 18.8. The SMILES string of the molecule is FC(F)Oc1ccc(CNc2nc(-c3cccnc3)nc3sc4c(c23)CCC4)nc1. The van der Waals surface area contributed by atoms with Crippen molar-refractivity contribution in [2.75, 3.05) is 5.32 Å². The molecule has 9 heteroatoms. The third-order valence-electron chi connectivity index (χ3n) is 4.94. The monoisotopic (exact) mass is 425 g/mol. The lowest BCUT2D eigenvalue weighted by atomic mass is 10.1. The molecule has 1 N–H and O–H groups in total. The van der Waals surface area contributed by atoms with Crippen LogP contribution >= 0.6 is 11.3 Å². The molecule has 0 saturated heterocycles. The minimum atomic E-state index is -2.86. The second kappa shape index (κ2) is 7.91. The van der Waals surface area contributed by atoms with Gasteiger partial charge in [-0.05, 0) is 49.1 Å². The Morgan fingerprint density at radius 3 is 2.83 bits per heavy atom. The van der Waals surface area contributed by atoms with Gasteiger partial charge in [-0.1, -0.05) is 0 Å². The van der Waals surface area contributed by atoms with Gasteiger partial charge in [-0.25, -0.2) is 9.97 Å². The molecule has 0 spiro atoms. The number of rotatable bonds is 6. The third-order valence-corrected chi connectivity index (χ3v) is 6.13. The number of alkyl halides is 2. The maximum Gasteiger partial charge on any atom is 0.387 e. The second-order valence-corrected chi connectivity index (χ2v) is 7.98. The van der Waals surface area contributed by atoms with Crippen molar-refractivity contribution in [1.29, 1.82) is 0 Å². The van der Waals surface area contributed by atoms with Crippen molar-refractivity contribution in [3.05, 3.63) is 59.0 Å². The quantitative estimate of drug-likeness (QED) is 0.476. The van der Waals surface area contributed by atoms with Gasteiger partial charge in [0.15, 0.2) is 5.82 Å². The molecule has 1 aliphatic carbocycles. The number of ether oxygens (including phenoxy) is 1. The molecule has 1 aliphatic rings. The predicted octanol–water partition coefficient (Wildman–Crippen LogP) is 4.85. The highest BCUT2D eigenvalue weighted by molar-refractivity contribution is 7.19. The summed E-state index contributed by atoms with van der Waals surface area (Å²) in [5.74, 6) is 1.41. The Morgan fingerprint density at radius 2 is 2.07 bits per heavy atom. The van der Waals surface area contributed by atoms with Crippen molar-refractivity contribution in [2.45, 2.75) is 32.4 Å². The highest BCUT2D eigenvalue weighted by Crippen LogP contribution is 2.40. The molecule has 4 heterocycles. The summed E-state index contributed by atoms with van der Waals surface area (Å²) in [5.41, 5.74) is 2.87. The lowest BCUT2D eigenvalue weighted by Gasteiger charge is -2.10. The molecule has 4 aromatic heterocycles. The van der Waals surface area contributed by atoms with Crippen LogP contribution in [0.4, 0.5) is 14.6 Å². The van der Waals surface area contributed by atoms with E-state index in [0.29, 0.717) is 18.1 Å². The molecule has 4 aromatic rings. The molecule has 0 fully saturated rings. The van der Waals surface area contributed by atoms with E-state index < -0.39 is 6.61 Å². The molecular weight excluding hydrogens is 408 g/mol. The first-order chi connectivity index (χ1) is 14.7. The number of hydrogen-bond donors (Lipinski definition) is 1. The van der Waals surface area contributed by atoms with Gasteiger partial charge in [-0.2, -0.15) is 8.78 Å². The fraction of sp³-hybridized carbons (Fsp3) is 0.238. The average Bonchev–Trinajstić information content (AvgIpc) is 3.34. The van der Waals surface area contributed by atoms with Crippen LogP contribution < -0.4 is 10.1 Å². The van der Waals surface area contributed by atoms with E-state index in [1.54, 1.807) is 29.8 Å². The van der Waals surface area contributed by atoms with Crippen LogP contribution in [0.1, 0.15) is 22.6 Å². The second-order valence-electron chi connectivity index (χ2n) is 6.89. The Hall–Kier alpha value is -3.20. The number of pyridine rings is 2. The fourth-order valence-corrected chi connectivity index (χ4v) is 4.87. The van der Waals surface area contributed by atoms with Gasteiger partial charge in [0.2, 0.25) is 0 Å². The minimum Gasteiger partial charge on any atom is -0.433 e. The molecule has 6 nitrogen and oxygen atoms in total. The summed E-state index contributed by atoms with van der Waals surface area (Å²) in [6.45, 7) is -2.46. The van der Waals surface area contributed by atoms with Crippen molar-refractivity contribution in [2.24, 2.45) is 0 Å². The van der Waals surface area contributed by atoms with Gasteiger partial charge in [0.05, 0.1) is 23.8 Å². The van der Waals surface area contributed by atoms with E-state index in [1.807, 2.05) is 12.1 Å². The molecule has 0 aromatic carbocycles. The predicted molar refractivity (Wildman–Crippen MR) is 111 cm³/mol. The molecule has 5 rings (SSSR count). The van der Waals surface area contributed by atoms with Gasteiger partial charge in [0, 0.05) is 22.8 Å². The topological polar surface area (TPSA) is 72.8 Å². The maximum atomic E-state index is 12.3. The Kier molecular flexibility index (Phi) is 4.96. The number of aryl methyl sites for hydroxylation is 2. The number of nitrogens with one attached hydrogen (secondary N) is 1. The smallest absolute Gasteiger partial charge is 0.387 e. The van der Waals surface area contributed by atoms with E-state index in [2.05, 4.69) is 20.0 Å². The zero-order chi connectivity index (χ0) is 20.5. The Labute approximate surface area is 175 Å². The number of fused-ring (bicyclic) bond motifs is 3. The summed E-state index contributed by atoms with van der Waals surface area (Å²) in [7, 11) is 0. The highest BCUT2D eigenvalue weighted by Gasteiger charge is 2.22. The molecule has 0 unspecified atom stereocenters. The molecule has 0 atom stereocenters. The van der Waals surface area contributed by atoms with E-state index >= 15 is 0 Å². The molecule has 0 saturated carbocycles. The van der Waals surface area contributed by atoms with Crippen molar-refractivity contribution in [3.63, 3.8) is 0 Å². The van der Waals surface area contributed by atoms with Gasteiger partial charge in [-0.15, -0.1) is 11.3 Å². The van der Waals surface area contributed by atoms with Crippen LogP contribution in [0.2, 0.25) is 0 Å². The molecule has 152 valence electrons. The molecule has 0 amide bonds. The zero-order valence-electron chi connectivity index (χ0n) is 15.8. The Balaban J connectivity index is 1.48. The van der Waals surface area contributed by atoms with Crippen LogP contribution in [0.3, 0.4) is 0 Å². The average molecular weight is 425 g/mol. The van der Waals surface area contributed by atoms with Crippen LogP contribution in [0.25, 0.3) is 21.6 Å². The van der Waals surface area contributed by atoms with E-state index in [-0.39, 0.29) is 5.75 Å². The normalized spacial score (nSPS) is 13.0. The van der Waals surface area contributed by atoms with Crippen molar-refractivity contribution < 1.29 is 13.5 Å². The van der Waals surface area contributed by atoms with Crippen LogP contribution in [-0.2, 0) is 19.4 Å². The molecule has 0 bridgehead atoms. The number of nitrogens with zero attached hydrogens (tertiary/aromatic N) is 4. The zero-order valence-corrected chi connectivity index (χ0v) is 16.6. The lowest BCUT2D eigenvalue weighted by molar-refractivity contribution is -0.0500. The molecule has 30 heavy (non-hydrogen) atoms. The Morgan fingerprint density at radius 1 is 1.13 bits per heavy atom. The number of hydrogen-bond acceptors (Lipinski definition) is 7. The van der Waals surface area contributed by atoms with Crippen molar-refractivity contribution in [3.8, 4) is 17.1 Å². The maximum absolute atomic E-state index is 12.3. The molecule has 0 radical (unpaired) electrons. The van der Waals surface area contributed by atoms with Crippen LogP contribution in [0.15, 0.2) is 42.9 Å². The summed E-state index contributed by atoms with van der Waals surface area (Å²) in [6, 6.07) is 6.93. The van der Waals surface area contributed by atoms with Gasteiger partial charge in [-0.3, -0.25) is 9.97 Å². The molecular formula is C21H17F2N5OS. The number of anilines is 1. The molecule has 0 aliphatic heterocycles. The lowest BCUT2D eigenvalue weighted by Crippen LogP contribution is -2.06. The van der Waals surface area contributed by atoms with E-state index in [4.69, 9.17) is 9.97 Å². The van der Waals surface area contributed by atoms with Gasteiger partial charge in [0.25, 0.3) is 0 Å². The highest BCUT2D eigenvalue weighted by atomic mass is 32.1. The van der Waals surface area contributed by atoms with E-state index in [1.165, 1.54) is 22.7 Å². The van der Waals surface area contributed by atoms with E-state index in [0.717, 1.165) is 40.9 Å². The summed E-state index contributed by atoms with van der Waals surface area (Å²) >= 11 is 1.72. The third kappa shape index (κ3) is 3.68. The first-order valence-corrected chi connectivity index (χ1v) is 10.4. The van der Waals surface area contributed by atoms with E-state index in [9.17, 15) is 8.78 Å². The standard InChI is InChI=1S/C21H17F2N5OS/c22-21(23)29-14-7-6-13(25-11-14)10-26-19-17-15-4-1-5-16(15)30-20(17)28-18(27-19)12-3-2-8-24-9-12/h2-3,6-9,11,21H,1,4-5,10H2,(H,26,27,28). The van der Waals surface area contributed by atoms with Crippen LogP contribution in [0.5, 0.6) is 5.75 Å².